The Hall–Kier alpha value is -0.770. The minimum absolute atomic E-state index is 0.0787. The Kier molecular flexibility index (Phi) is 5.45. The van der Waals surface area contributed by atoms with Gasteiger partial charge in [-0.3, -0.25) is 0 Å². The van der Waals surface area contributed by atoms with Crippen LogP contribution in [0.2, 0.25) is 5.02 Å². The van der Waals surface area contributed by atoms with E-state index in [2.05, 4.69) is 18.3 Å². The van der Waals surface area contributed by atoms with Crippen LogP contribution in [-0.2, 0) is 6.54 Å². The molecule has 0 saturated heterocycles. The third-order valence-electron chi connectivity index (χ3n) is 3.27. The average Bonchev–Trinajstić information content (AvgIpc) is 2.35. The lowest BCUT2D eigenvalue weighted by Gasteiger charge is -2.37. The second-order valence-electron chi connectivity index (χ2n) is 5.06. The van der Waals surface area contributed by atoms with Crippen molar-refractivity contribution >= 4 is 17.3 Å². The molecular formula is C14H23ClN2O. The van der Waals surface area contributed by atoms with Crippen LogP contribution in [0, 0.1) is 0 Å². The van der Waals surface area contributed by atoms with Crippen molar-refractivity contribution in [1.29, 1.82) is 0 Å². The number of hydrogen-bond acceptors (Lipinski definition) is 3. The molecule has 102 valence electrons. The zero-order valence-corrected chi connectivity index (χ0v) is 12.4. The van der Waals surface area contributed by atoms with E-state index in [-0.39, 0.29) is 12.1 Å². The number of anilines is 1. The molecule has 0 heterocycles. The molecule has 0 saturated carbocycles. The minimum Gasteiger partial charge on any atom is -0.394 e. The summed E-state index contributed by atoms with van der Waals surface area (Å²) in [5, 5.41) is 13.5. The average molecular weight is 271 g/mol. The van der Waals surface area contributed by atoms with Gasteiger partial charge in [-0.25, -0.2) is 0 Å². The van der Waals surface area contributed by atoms with Crippen molar-refractivity contribution in [3.8, 4) is 0 Å². The summed E-state index contributed by atoms with van der Waals surface area (Å²) in [6.45, 7) is 7.83. The predicted molar refractivity (Wildman–Crippen MR) is 78.4 cm³/mol. The van der Waals surface area contributed by atoms with Crippen LogP contribution in [0.15, 0.2) is 18.2 Å². The van der Waals surface area contributed by atoms with Crippen molar-refractivity contribution < 1.29 is 5.11 Å². The topological polar surface area (TPSA) is 35.5 Å². The van der Waals surface area contributed by atoms with Gasteiger partial charge in [-0.2, -0.15) is 0 Å². The van der Waals surface area contributed by atoms with E-state index in [0.717, 1.165) is 29.4 Å². The van der Waals surface area contributed by atoms with E-state index in [4.69, 9.17) is 11.6 Å². The molecule has 2 N–H and O–H groups in total. The largest absolute Gasteiger partial charge is 0.394 e. The third kappa shape index (κ3) is 3.37. The second-order valence-corrected chi connectivity index (χ2v) is 5.46. The van der Waals surface area contributed by atoms with Gasteiger partial charge in [0.1, 0.15) is 0 Å². The Morgan fingerprint density at radius 2 is 2.06 bits per heavy atom. The van der Waals surface area contributed by atoms with Gasteiger partial charge in [0.15, 0.2) is 0 Å². The summed E-state index contributed by atoms with van der Waals surface area (Å²) in [7, 11) is 1.97. The van der Waals surface area contributed by atoms with Gasteiger partial charge in [0, 0.05) is 13.6 Å². The van der Waals surface area contributed by atoms with E-state index in [9.17, 15) is 5.11 Å². The van der Waals surface area contributed by atoms with E-state index < -0.39 is 0 Å². The zero-order valence-electron chi connectivity index (χ0n) is 11.6. The summed E-state index contributed by atoms with van der Waals surface area (Å²) < 4.78 is 0. The maximum Gasteiger partial charge on any atom is 0.0658 e. The fourth-order valence-corrected chi connectivity index (χ4v) is 2.07. The van der Waals surface area contributed by atoms with Crippen molar-refractivity contribution in [3.63, 3.8) is 0 Å². The van der Waals surface area contributed by atoms with Gasteiger partial charge in [0.25, 0.3) is 0 Å². The van der Waals surface area contributed by atoms with Crippen molar-refractivity contribution in [2.45, 2.75) is 32.9 Å². The smallest absolute Gasteiger partial charge is 0.0658 e. The Morgan fingerprint density at radius 3 is 2.61 bits per heavy atom. The summed E-state index contributed by atoms with van der Waals surface area (Å²) in [6.07, 6.45) is 0. The molecule has 0 radical (unpaired) electrons. The Bertz CT molecular complexity index is 393. The summed E-state index contributed by atoms with van der Waals surface area (Å²) in [5.41, 5.74) is 1.79. The fraction of sp³-hybridized carbons (Fsp3) is 0.571. The van der Waals surface area contributed by atoms with Crippen LogP contribution in [0.4, 0.5) is 5.69 Å². The monoisotopic (exact) mass is 270 g/mol. The van der Waals surface area contributed by atoms with Crippen molar-refractivity contribution in [3.05, 3.63) is 28.8 Å². The van der Waals surface area contributed by atoms with E-state index in [1.165, 1.54) is 0 Å². The summed E-state index contributed by atoms with van der Waals surface area (Å²) in [4.78, 5) is 2.04. The number of aliphatic hydroxyl groups is 1. The van der Waals surface area contributed by atoms with Crippen LogP contribution >= 0.6 is 11.6 Å². The lowest BCUT2D eigenvalue weighted by atomic mass is 10.0. The Morgan fingerprint density at radius 1 is 1.39 bits per heavy atom. The molecule has 0 aliphatic heterocycles. The van der Waals surface area contributed by atoms with Crippen LogP contribution in [0.3, 0.4) is 0 Å². The highest BCUT2D eigenvalue weighted by Gasteiger charge is 2.25. The number of nitrogens with one attached hydrogen (secondary N) is 1. The van der Waals surface area contributed by atoms with Crippen LogP contribution < -0.4 is 10.2 Å². The highest BCUT2D eigenvalue weighted by atomic mass is 35.5. The molecule has 1 rings (SSSR count). The maximum atomic E-state index is 9.48. The highest BCUT2D eigenvalue weighted by molar-refractivity contribution is 6.33. The second kappa shape index (κ2) is 6.41. The van der Waals surface area contributed by atoms with Crippen molar-refractivity contribution in [2.24, 2.45) is 0 Å². The molecule has 0 bridgehead atoms. The quantitative estimate of drug-likeness (QED) is 0.834. The normalized spacial score (nSPS) is 11.7. The lowest BCUT2D eigenvalue weighted by Crippen LogP contribution is -2.45. The molecule has 3 nitrogen and oxygen atoms in total. The van der Waals surface area contributed by atoms with Gasteiger partial charge in [-0.15, -0.1) is 0 Å². The van der Waals surface area contributed by atoms with Gasteiger partial charge in [0.05, 0.1) is 22.9 Å². The Balaban J connectivity index is 3.12. The Labute approximate surface area is 115 Å². The van der Waals surface area contributed by atoms with Crippen LogP contribution in [0.25, 0.3) is 0 Å². The molecule has 0 aromatic heterocycles. The number of likely N-dealkylation sites (N-methyl/N-ethyl adjacent to an activating group) is 1. The number of benzene rings is 1. The predicted octanol–water partition coefficient (Wildman–Crippen LogP) is 2.66. The molecule has 1 aromatic carbocycles. The SMILES string of the molecule is CCNCc1cccc(Cl)c1N(C)C(C)(C)CO. The summed E-state index contributed by atoms with van der Waals surface area (Å²) in [6, 6.07) is 5.91. The number of halogens is 1. The number of aliphatic hydroxyl groups excluding tert-OH is 1. The van der Waals surface area contributed by atoms with Gasteiger partial charge >= 0.3 is 0 Å². The van der Waals surface area contributed by atoms with Crippen LogP contribution in [-0.4, -0.2) is 30.8 Å². The molecule has 1 aromatic rings. The van der Waals surface area contributed by atoms with Crippen LogP contribution in [0.1, 0.15) is 26.3 Å². The molecule has 0 unspecified atom stereocenters. The molecule has 4 heteroatoms. The fourth-order valence-electron chi connectivity index (χ4n) is 1.75. The minimum atomic E-state index is -0.341. The van der Waals surface area contributed by atoms with E-state index in [0.29, 0.717) is 0 Å². The van der Waals surface area contributed by atoms with E-state index >= 15 is 0 Å². The molecule has 0 spiro atoms. The molecule has 0 aliphatic rings. The number of hydrogen-bond donors (Lipinski definition) is 2. The zero-order chi connectivity index (χ0) is 13.8. The van der Waals surface area contributed by atoms with Gasteiger partial charge in [-0.1, -0.05) is 30.7 Å². The number of rotatable bonds is 6. The molecule has 0 amide bonds. The van der Waals surface area contributed by atoms with E-state index in [1.54, 1.807) is 0 Å². The van der Waals surface area contributed by atoms with Crippen molar-refractivity contribution in [1.82, 2.24) is 5.32 Å². The first-order valence-electron chi connectivity index (χ1n) is 6.26. The van der Waals surface area contributed by atoms with E-state index in [1.807, 2.05) is 37.9 Å². The number of para-hydroxylation sites is 1. The first kappa shape index (κ1) is 15.3. The van der Waals surface area contributed by atoms with Crippen LogP contribution in [0.5, 0.6) is 0 Å². The number of nitrogens with zero attached hydrogens (tertiary/aromatic N) is 1. The van der Waals surface area contributed by atoms with Gasteiger partial charge < -0.3 is 15.3 Å². The first-order valence-corrected chi connectivity index (χ1v) is 6.64. The molecule has 18 heavy (non-hydrogen) atoms. The maximum absolute atomic E-state index is 9.48. The van der Waals surface area contributed by atoms with Crippen molar-refractivity contribution in [2.75, 3.05) is 25.1 Å². The lowest BCUT2D eigenvalue weighted by molar-refractivity contribution is 0.216. The highest BCUT2D eigenvalue weighted by Crippen LogP contribution is 2.33. The molecular weight excluding hydrogens is 248 g/mol. The standard InChI is InChI=1S/C14H23ClN2O/c1-5-16-9-11-7-6-8-12(15)13(11)17(4)14(2,3)10-18/h6-8,16,18H,5,9-10H2,1-4H3. The molecule has 0 aliphatic carbocycles. The van der Waals surface area contributed by atoms with Gasteiger partial charge in [-0.05, 0) is 32.0 Å². The summed E-state index contributed by atoms with van der Waals surface area (Å²) in [5.74, 6) is 0. The van der Waals surface area contributed by atoms with Gasteiger partial charge in [0.2, 0.25) is 0 Å². The molecule has 0 atom stereocenters. The molecule has 0 fully saturated rings. The summed E-state index contributed by atoms with van der Waals surface area (Å²) >= 11 is 6.32. The first-order chi connectivity index (χ1) is 8.44. The third-order valence-corrected chi connectivity index (χ3v) is 3.57.